The second-order valence-electron chi connectivity index (χ2n) is 8.67. The predicted molar refractivity (Wildman–Crippen MR) is 144 cm³/mol. The zero-order valence-electron chi connectivity index (χ0n) is 19.2. The fourth-order valence-corrected chi connectivity index (χ4v) is 5.92. The molecule has 2 N–H and O–H groups in total. The molecule has 1 amide bonds. The molecule has 31 heavy (non-hydrogen) atoms. The van der Waals surface area contributed by atoms with Crippen LogP contribution in [0, 0.1) is 0 Å². The Morgan fingerprint density at radius 2 is 2.03 bits per heavy atom. The molecule has 0 atom stereocenters. The SMILES string of the molecule is CCNC(=NCc1cccc(NC(=O)CN(C)C)c1)N1CCSC2(CCCCC2)C1.I. The van der Waals surface area contributed by atoms with Gasteiger partial charge in [-0.25, -0.2) is 4.99 Å². The van der Waals surface area contributed by atoms with Crippen molar-refractivity contribution in [1.82, 2.24) is 15.1 Å². The number of hydrogen-bond acceptors (Lipinski definition) is 4. The molecule has 0 radical (unpaired) electrons. The second kappa shape index (κ2) is 12.9. The first-order chi connectivity index (χ1) is 14.5. The molecule has 2 aliphatic rings. The van der Waals surface area contributed by atoms with Gasteiger partial charge in [0.05, 0.1) is 13.1 Å². The van der Waals surface area contributed by atoms with Gasteiger partial charge in [0.2, 0.25) is 5.91 Å². The number of amides is 1. The van der Waals surface area contributed by atoms with Crippen molar-refractivity contribution in [2.24, 2.45) is 4.99 Å². The van der Waals surface area contributed by atoms with Crippen LogP contribution < -0.4 is 10.6 Å². The molecule has 0 aromatic heterocycles. The van der Waals surface area contributed by atoms with E-state index in [4.69, 9.17) is 4.99 Å². The van der Waals surface area contributed by atoms with Gasteiger partial charge in [0.15, 0.2) is 5.96 Å². The van der Waals surface area contributed by atoms with Gasteiger partial charge in [0, 0.05) is 35.8 Å². The van der Waals surface area contributed by atoms with Crippen molar-refractivity contribution < 1.29 is 4.79 Å². The summed E-state index contributed by atoms with van der Waals surface area (Å²) in [4.78, 5) is 21.3. The lowest BCUT2D eigenvalue weighted by molar-refractivity contribution is -0.116. The number of likely N-dealkylation sites (N-methyl/N-ethyl adjacent to an activating group) is 1. The number of guanidine groups is 1. The minimum absolute atomic E-state index is 0. The lowest BCUT2D eigenvalue weighted by Crippen LogP contribution is -2.53. The third-order valence-electron chi connectivity index (χ3n) is 5.73. The zero-order valence-corrected chi connectivity index (χ0v) is 22.3. The van der Waals surface area contributed by atoms with Gasteiger partial charge in [-0.1, -0.05) is 31.4 Å². The average Bonchev–Trinajstić information content (AvgIpc) is 2.71. The van der Waals surface area contributed by atoms with E-state index in [0.29, 0.717) is 17.8 Å². The first kappa shape index (κ1) is 26.3. The van der Waals surface area contributed by atoms with E-state index >= 15 is 0 Å². The van der Waals surface area contributed by atoms with Crippen LogP contribution in [0.4, 0.5) is 5.69 Å². The van der Waals surface area contributed by atoms with Crippen LogP contribution in [0.3, 0.4) is 0 Å². The summed E-state index contributed by atoms with van der Waals surface area (Å²) in [5, 5.41) is 6.48. The Kier molecular flexibility index (Phi) is 10.9. The fourth-order valence-electron chi connectivity index (χ4n) is 4.35. The maximum absolute atomic E-state index is 12.0. The molecule has 1 saturated heterocycles. The van der Waals surface area contributed by atoms with Crippen LogP contribution in [0.5, 0.6) is 0 Å². The minimum Gasteiger partial charge on any atom is -0.357 e. The number of nitrogens with one attached hydrogen (secondary N) is 2. The van der Waals surface area contributed by atoms with Gasteiger partial charge in [-0.2, -0.15) is 11.8 Å². The third kappa shape index (κ3) is 8.13. The smallest absolute Gasteiger partial charge is 0.238 e. The summed E-state index contributed by atoms with van der Waals surface area (Å²) in [6, 6.07) is 8.01. The summed E-state index contributed by atoms with van der Waals surface area (Å²) in [5.41, 5.74) is 1.93. The third-order valence-corrected chi connectivity index (χ3v) is 7.27. The van der Waals surface area contributed by atoms with Crippen LogP contribution in [-0.2, 0) is 11.3 Å². The Bertz CT molecular complexity index is 731. The predicted octanol–water partition coefficient (Wildman–Crippen LogP) is 4.02. The van der Waals surface area contributed by atoms with Gasteiger partial charge < -0.3 is 20.4 Å². The lowest BCUT2D eigenvalue weighted by Gasteiger charge is -2.45. The summed E-state index contributed by atoms with van der Waals surface area (Å²) in [6.45, 7) is 6.14. The summed E-state index contributed by atoms with van der Waals surface area (Å²) in [5.74, 6) is 2.19. The number of benzene rings is 1. The number of anilines is 1. The highest BCUT2D eigenvalue weighted by Crippen LogP contribution is 2.42. The molecule has 2 fully saturated rings. The first-order valence-electron chi connectivity index (χ1n) is 11.2. The van der Waals surface area contributed by atoms with Crippen LogP contribution in [-0.4, -0.2) is 72.4 Å². The summed E-state index contributed by atoms with van der Waals surface area (Å²) < 4.78 is 0.420. The Labute approximate surface area is 209 Å². The van der Waals surface area contributed by atoms with E-state index in [1.165, 1.54) is 37.9 Å². The van der Waals surface area contributed by atoms with Crippen LogP contribution in [0.2, 0.25) is 0 Å². The molecule has 1 aliphatic heterocycles. The maximum Gasteiger partial charge on any atom is 0.238 e. The van der Waals surface area contributed by atoms with Crippen LogP contribution in [0.15, 0.2) is 29.3 Å². The molecule has 1 aromatic carbocycles. The summed E-state index contributed by atoms with van der Waals surface area (Å²) >= 11 is 2.18. The second-order valence-corrected chi connectivity index (χ2v) is 10.2. The highest BCUT2D eigenvalue weighted by atomic mass is 127. The van der Waals surface area contributed by atoms with E-state index in [0.717, 1.165) is 36.8 Å². The number of nitrogens with zero attached hydrogens (tertiary/aromatic N) is 3. The van der Waals surface area contributed by atoms with Gasteiger partial charge in [0.25, 0.3) is 0 Å². The topological polar surface area (TPSA) is 60.0 Å². The number of carbonyl (C=O) groups excluding carboxylic acids is 1. The van der Waals surface area contributed by atoms with E-state index < -0.39 is 0 Å². The van der Waals surface area contributed by atoms with Crippen molar-refractivity contribution in [2.45, 2.75) is 50.3 Å². The Morgan fingerprint density at radius 3 is 2.74 bits per heavy atom. The van der Waals surface area contributed by atoms with Crippen molar-refractivity contribution in [3.8, 4) is 0 Å². The van der Waals surface area contributed by atoms with E-state index in [1.54, 1.807) is 0 Å². The molecule has 1 heterocycles. The van der Waals surface area contributed by atoms with Crippen molar-refractivity contribution in [2.75, 3.05) is 51.3 Å². The van der Waals surface area contributed by atoms with Gasteiger partial charge in [-0.05, 0) is 51.6 Å². The van der Waals surface area contributed by atoms with Gasteiger partial charge >= 0.3 is 0 Å². The normalized spacial score (nSPS) is 18.6. The molecule has 174 valence electrons. The van der Waals surface area contributed by atoms with Crippen LogP contribution >= 0.6 is 35.7 Å². The standard InChI is InChI=1S/C23H37N5OS.HI/c1-4-24-22(28-13-14-30-23(18-28)11-6-5-7-12-23)25-16-19-9-8-10-20(15-19)26-21(29)17-27(2)3;/h8-10,15H,4-7,11-14,16-18H2,1-3H3,(H,24,25)(H,26,29);1H. The highest BCUT2D eigenvalue weighted by molar-refractivity contribution is 14.0. The monoisotopic (exact) mass is 559 g/mol. The molecular weight excluding hydrogens is 521 g/mol. The Balaban J connectivity index is 0.00000341. The van der Waals surface area contributed by atoms with Crippen LogP contribution in [0.1, 0.15) is 44.6 Å². The first-order valence-corrected chi connectivity index (χ1v) is 12.2. The fraction of sp³-hybridized carbons (Fsp3) is 0.652. The molecule has 6 nitrogen and oxygen atoms in total. The number of thioether (sulfide) groups is 1. The van der Waals surface area contributed by atoms with Crippen molar-refractivity contribution in [3.63, 3.8) is 0 Å². The molecular formula is C23H38IN5OS. The van der Waals surface area contributed by atoms with E-state index in [-0.39, 0.29) is 29.9 Å². The summed E-state index contributed by atoms with van der Waals surface area (Å²) in [6.07, 6.45) is 6.78. The molecule has 1 aliphatic carbocycles. The molecule has 0 bridgehead atoms. The number of rotatable bonds is 6. The maximum atomic E-state index is 12.0. The summed E-state index contributed by atoms with van der Waals surface area (Å²) in [7, 11) is 3.78. The quantitative estimate of drug-likeness (QED) is 0.313. The minimum atomic E-state index is -0.00223. The molecule has 3 rings (SSSR count). The van der Waals surface area contributed by atoms with Gasteiger partial charge in [-0.15, -0.1) is 24.0 Å². The number of halogens is 1. The number of hydrogen-bond donors (Lipinski definition) is 2. The Morgan fingerprint density at radius 1 is 1.26 bits per heavy atom. The molecule has 1 saturated carbocycles. The number of carbonyl (C=O) groups is 1. The van der Waals surface area contributed by atoms with E-state index in [9.17, 15) is 4.79 Å². The largest absolute Gasteiger partial charge is 0.357 e. The van der Waals surface area contributed by atoms with Crippen molar-refractivity contribution >= 4 is 53.3 Å². The Hall–Kier alpha value is -1.00. The van der Waals surface area contributed by atoms with Crippen molar-refractivity contribution in [3.05, 3.63) is 29.8 Å². The molecule has 8 heteroatoms. The van der Waals surface area contributed by atoms with Crippen LogP contribution in [0.25, 0.3) is 0 Å². The zero-order chi connectivity index (χ0) is 21.4. The average molecular weight is 560 g/mol. The lowest BCUT2D eigenvalue weighted by atomic mass is 9.87. The van der Waals surface area contributed by atoms with E-state index in [1.807, 2.05) is 37.2 Å². The molecule has 1 spiro atoms. The van der Waals surface area contributed by atoms with E-state index in [2.05, 4.69) is 40.3 Å². The van der Waals surface area contributed by atoms with Gasteiger partial charge in [0.1, 0.15) is 0 Å². The molecule has 1 aromatic rings. The number of aliphatic imine (C=N–C) groups is 1. The van der Waals surface area contributed by atoms with Gasteiger partial charge in [-0.3, -0.25) is 4.79 Å². The van der Waals surface area contributed by atoms with Crippen molar-refractivity contribution in [1.29, 1.82) is 0 Å². The molecule has 0 unspecified atom stereocenters. The highest BCUT2D eigenvalue weighted by Gasteiger charge is 2.38.